The standard InChI is InChI=1S/C7H9N2O2/c1-3-11-7-4-6(5-10)9(2)8-7/h4H,3H2,1-2H3. The molecule has 0 unspecified atom stereocenters. The topological polar surface area (TPSA) is 44.1 Å². The van der Waals surface area contributed by atoms with Crippen molar-refractivity contribution < 1.29 is 9.53 Å². The van der Waals surface area contributed by atoms with Crippen molar-refractivity contribution in [2.24, 2.45) is 7.05 Å². The van der Waals surface area contributed by atoms with Gasteiger partial charge in [0.1, 0.15) is 5.69 Å². The second kappa shape index (κ2) is 3.18. The van der Waals surface area contributed by atoms with Crippen LogP contribution < -0.4 is 4.74 Å². The zero-order chi connectivity index (χ0) is 8.27. The molecule has 1 aromatic heterocycles. The molecule has 0 spiro atoms. The van der Waals surface area contributed by atoms with E-state index in [1.54, 1.807) is 19.4 Å². The molecule has 1 heterocycles. The number of hydrogen-bond donors (Lipinski definition) is 0. The maximum atomic E-state index is 10.2. The van der Waals surface area contributed by atoms with E-state index in [2.05, 4.69) is 5.10 Å². The van der Waals surface area contributed by atoms with Crippen molar-refractivity contribution in [2.45, 2.75) is 6.92 Å². The molecule has 0 N–H and O–H groups in total. The lowest BCUT2D eigenvalue weighted by molar-refractivity contribution is 0.323. The average molecular weight is 153 g/mol. The van der Waals surface area contributed by atoms with Gasteiger partial charge in [-0.05, 0) is 6.92 Å². The molecule has 0 saturated carbocycles. The third-order valence-corrected chi connectivity index (χ3v) is 1.25. The van der Waals surface area contributed by atoms with Crippen molar-refractivity contribution >= 4 is 6.29 Å². The Hall–Kier alpha value is -1.32. The highest BCUT2D eigenvalue weighted by molar-refractivity contribution is 5.73. The lowest BCUT2D eigenvalue weighted by Crippen LogP contribution is -1.97. The molecule has 0 aromatic carbocycles. The minimum Gasteiger partial charge on any atom is -0.477 e. The first-order chi connectivity index (χ1) is 5.27. The molecule has 0 aliphatic rings. The Morgan fingerprint density at radius 1 is 1.82 bits per heavy atom. The van der Waals surface area contributed by atoms with Gasteiger partial charge in [-0.25, -0.2) is 0 Å². The predicted molar refractivity (Wildman–Crippen MR) is 39.2 cm³/mol. The highest BCUT2D eigenvalue weighted by Gasteiger charge is 2.03. The van der Waals surface area contributed by atoms with Crippen LogP contribution in [0.3, 0.4) is 0 Å². The van der Waals surface area contributed by atoms with Crippen molar-refractivity contribution in [2.75, 3.05) is 6.61 Å². The zero-order valence-electron chi connectivity index (χ0n) is 6.50. The summed E-state index contributed by atoms with van der Waals surface area (Å²) in [6.45, 7) is 2.41. The van der Waals surface area contributed by atoms with E-state index in [0.717, 1.165) is 0 Å². The summed E-state index contributed by atoms with van der Waals surface area (Å²) >= 11 is 0. The monoisotopic (exact) mass is 153 g/mol. The highest BCUT2D eigenvalue weighted by atomic mass is 16.5. The number of aromatic nitrogens is 2. The van der Waals surface area contributed by atoms with Gasteiger partial charge in [0.05, 0.1) is 6.61 Å². The maximum Gasteiger partial charge on any atom is 0.253 e. The van der Waals surface area contributed by atoms with Crippen LogP contribution in [0.4, 0.5) is 0 Å². The Balaban J connectivity index is 2.86. The third kappa shape index (κ3) is 1.58. The van der Waals surface area contributed by atoms with Gasteiger partial charge in [-0.1, -0.05) is 0 Å². The van der Waals surface area contributed by atoms with Crippen LogP contribution in [0.2, 0.25) is 0 Å². The molecule has 4 heteroatoms. The summed E-state index contributed by atoms with van der Waals surface area (Å²) in [5.41, 5.74) is 0.397. The van der Waals surface area contributed by atoms with Crippen LogP contribution in [-0.4, -0.2) is 22.7 Å². The Bertz CT molecular complexity index is 255. The quantitative estimate of drug-likeness (QED) is 0.626. The van der Waals surface area contributed by atoms with Gasteiger partial charge in [0, 0.05) is 13.1 Å². The van der Waals surface area contributed by atoms with Crippen LogP contribution in [0.15, 0.2) is 6.07 Å². The van der Waals surface area contributed by atoms with E-state index in [1.165, 1.54) is 4.68 Å². The minimum atomic E-state index is 0.397. The second-order valence-corrected chi connectivity index (χ2v) is 2.03. The number of rotatable bonds is 3. The number of hydrogen-bond acceptors (Lipinski definition) is 3. The molecule has 0 saturated heterocycles. The van der Waals surface area contributed by atoms with E-state index >= 15 is 0 Å². The molecule has 0 atom stereocenters. The summed E-state index contributed by atoms with van der Waals surface area (Å²) in [7, 11) is 1.67. The lowest BCUT2D eigenvalue weighted by atomic mass is 10.5. The van der Waals surface area contributed by atoms with Crippen molar-refractivity contribution in [3.63, 3.8) is 0 Å². The summed E-state index contributed by atoms with van der Waals surface area (Å²) in [5, 5.41) is 3.90. The Morgan fingerprint density at radius 2 is 2.55 bits per heavy atom. The Labute approximate surface area is 64.8 Å². The summed E-state index contributed by atoms with van der Waals surface area (Å²) in [4.78, 5) is 10.2. The number of nitrogens with zero attached hydrogens (tertiary/aromatic N) is 2. The molecule has 1 aromatic rings. The van der Waals surface area contributed by atoms with Gasteiger partial charge in [-0.2, -0.15) is 0 Å². The van der Waals surface area contributed by atoms with E-state index in [9.17, 15) is 4.79 Å². The number of ether oxygens (including phenoxy) is 1. The molecule has 11 heavy (non-hydrogen) atoms. The summed E-state index contributed by atoms with van der Waals surface area (Å²) < 4.78 is 6.49. The third-order valence-electron chi connectivity index (χ3n) is 1.25. The molecule has 0 aliphatic carbocycles. The van der Waals surface area contributed by atoms with Gasteiger partial charge in [-0.3, -0.25) is 9.48 Å². The molecule has 0 bridgehead atoms. The summed E-state index contributed by atoms with van der Waals surface area (Å²) in [6, 6.07) is 1.55. The molecule has 0 amide bonds. The van der Waals surface area contributed by atoms with Gasteiger partial charge in [0.15, 0.2) is 0 Å². The Kier molecular flexibility index (Phi) is 2.25. The zero-order valence-corrected chi connectivity index (χ0v) is 6.50. The van der Waals surface area contributed by atoms with Gasteiger partial charge in [-0.15, -0.1) is 5.10 Å². The molecular formula is C7H9N2O2. The van der Waals surface area contributed by atoms with Crippen LogP contribution in [0, 0.1) is 0 Å². The van der Waals surface area contributed by atoms with Crippen LogP contribution in [0.5, 0.6) is 5.88 Å². The first-order valence-electron chi connectivity index (χ1n) is 3.33. The molecule has 4 nitrogen and oxygen atoms in total. The Morgan fingerprint density at radius 3 is 3.00 bits per heavy atom. The van der Waals surface area contributed by atoms with E-state index in [4.69, 9.17) is 4.74 Å². The summed E-state index contributed by atoms with van der Waals surface area (Å²) in [5.74, 6) is 0.466. The molecule has 1 rings (SSSR count). The molecule has 1 radical (unpaired) electrons. The summed E-state index contributed by atoms with van der Waals surface area (Å²) in [6.07, 6.45) is 1.74. The predicted octanol–water partition coefficient (Wildman–Crippen LogP) is 0.277. The second-order valence-electron chi connectivity index (χ2n) is 2.03. The molecular weight excluding hydrogens is 144 g/mol. The lowest BCUT2D eigenvalue weighted by Gasteiger charge is -1.93. The largest absolute Gasteiger partial charge is 0.477 e. The van der Waals surface area contributed by atoms with Crippen LogP contribution in [0.1, 0.15) is 12.6 Å². The van der Waals surface area contributed by atoms with Crippen LogP contribution in [0.25, 0.3) is 0 Å². The minimum absolute atomic E-state index is 0.397. The fraction of sp³-hybridized carbons (Fsp3) is 0.429. The molecule has 59 valence electrons. The van der Waals surface area contributed by atoms with Crippen molar-refractivity contribution in [1.82, 2.24) is 9.78 Å². The fourth-order valence-electron chi connectivity index (χ4n) is 0.755. The fourth-order valence-corrected chi connectivity index (χ4v) is 0.755. The van der Waals surface area contributed by atoms with Crippen molar-refractivity contribution in [3.05, 3.63) is 11.8 Å². The smallest absolute Gasteiger partial charge is 0.253 e. The molecule has 0 aliphatic heterocycles. The van der Waals surface area contributed by atoms with E-state index in [-0.39, 0.29) is 0 Å². The first kappa shape index (κ1) is 7.78. The van der Waals surface area contributed by atoms with Crippen molar-refractivity contribution in [1.29, 1.82) is 0 Å². The van der Waals surface area contributed by atoms with Gasteiger partial charge < -0.3 is 4.74 Å². The van der Waals surface area contributed by atoms with Crippen LogP contribution in [-0.2, 0) is 11.8 Å². The number of carbonyl (C=O) groups excluding carboxylic acids is 1. The van der Waals surface area contributed by atoms with Gasteiger partial charge in [0.2, 0.25) is 5.88 Å². The van der Waals surface area contributed by atoms with E-state index in [0.29, 0.717) is 18.2 Å². The number of aryl methyl sites for hydroxylation is 1. The molecule has 0 fully saturated rings. The average Bonchev–Trinajstić information content (AvgIpc) is 2.32. The normalized spacial score (nSPS) is 9.64. The van der Waals surface area contributed by atoms with Crippen molar-refractivity contribution in [3.8, 4) is 5.88 Å². The first-order valence-corrected chi connectivity index (χ1v) is 3.33. The van der Waals surface area contributed by atoms with Crippen LogP contribution >= 0.6 is 0 Å². The van der Waals surface area contributed by atoms with Gasteiger partial charge in [0.25, 0.3) is 6.29 Å². The van der Waals surface area contributed by atoms with E-state index < -0.39 is 0 Å². The maximum absolute atomic E-state index is 10.2. The van der Waals surface area contributed by atoms with Gasteiger partial charge >= 0.3 is 0 Å². The SMILES string of the molecule is CCOc1cc([C]=O)n(C)n1. The van der Waals surface area contributed by atoms with E-state index in [1.807, 2.05) is 6.92 Å². The highest BCUT2D eigenvalue weighted by Crippen LogP contribution is 2.07.